The summed E-state index contributed by atoms with van der Waals surface area (Å²) < 4.78 is 7.26. The maximum atomic E-state index is 12.4. The third kappa shape index (κ3) is 4.21. The van der Waals surface area contributed by atoms with Crippen molar-refractivity contribution in [2.75, 3.05) is 18.5 Å². The predicted molar refractivity (Wildman–Crippen MR) is 110 cm³/mol. The highest BCUT2D eigenvalue weighted by atomic mass is 16.5. The second kappa shape index (κ2) is 8.30. The van der Waals surface area contributed by atoms with Gasteiger partial charge in [-0.1, -0.05) is 24.3 Å². The number of nitrogens with one attached hydrogen (secondary N) is 2. The van der Waals surface area contributed by atoms with Crippen molar-refractivity contribution in [2.45, 2.75) is 32.7 Å². The van der Waals surface area contributed by atoms with Gasteiger partial charge in [-0.2, -0.15) is 0 Å². The molecule has 0 saturated heterocycles. The molecule has 0 unspecified atom stereocenters. The van der Waals surface area contributed by atoms with Gasteiger partial charge in [-0.3, -0.25) is 0 Å². The number of benzene rings is 2. The summed E-state index contributed by atoms with van der Waals surface area (Å²) in [5.41, 5.74) is 3.87. The Morgan fingerprint density at radius 2 is 2.10 bits per heavy atom. The molecule has 8 heteroatoms. The van der Waals surface area contributed by atoms with Crippen molar-refractivity contribution in [2.24, 2.45) is 0 Å². The van der Waals surface area contributed by atoms with Gasteiger partial charge in [0.2, 0.25) is 0 Å². The zero-order valence-electron chi connectivity index (χ0n) is 16.6. The quantitative estimate of drug-likeness (QED) is 0.672. The molecule has 2 N–H and O–H groups in total. The van der Waals surface area contributed by atoms with E-state index in [1.807, 2.05) is 50.2 Å². The number of nitrogens with zero attached hydrogens (tertiary/aromatic N) is 4. The molecule has 3 aromatic rings. The third-order valence-electron chi connectivity index (χ3n) is 4.85. The number of amides is 2. The molecule has 0 bridgehead atoms. The van der Waals surface area contributed by atoms with Gasteiger partial charge in [0.05, 0.1) is 18.3 Å². The van der Waals surface area contributed by atoms with Crippen molar-refractivity contribution >= 4 is 11.7 Å². The largest absolute Gasteiger partial charge is 0.493 e. The Kier molecular flexibility index (Phi) is 5.41. The number of aromatic nitrogens is 4. The normalized spacial score (nSPS) is 12.5. The molecule has 4 rings (SSSR count). The average Bonchev–Trinajstić information content (AvgIpc) is 3.37. The minimum atomic E-state index is -0.259. The number of para-hydroxylation sites is 1. The molecule has 150 valence electrons. The average molecular weight is 392 g/mol. The maximum Gasteiger partial charge on any atom is 0.319 e. The van der Waals surface area contributed by atoms with Gasteiger partial charge in [0.25, 0.3) is 0 Å². The zero-order chi connectivity index (χ0) is 20.2. The highest BCUT2D eigenvalue weighted by Crippen LogP contribution is 2.27. The van der Waals surface area contributed by atoms with Crippen LogP contribution in [0.5, 0.6) is 5.75 Å². The summed E-state index contributed by atoms with van der Waals surface area (Å²) in [5, 5.41) is 17.8. The highest BCUT2D eigenvalue weighted by molar-refractivity contribution is 5.93. The van der Waals surface area contributed by atoms with E-state index in [4.69, 9.17) is 4.74 Å². The molecule has 2 amide bonds. The summed E-state index contributed by atoms with van der Waals surface area (Å²) >= 11 is 0. The van der Waals surface area contributed by atoms with Crippen molar-refractivity contribution < 1.29 is 9.53 Å². The first-order valence-corrected chi connectivity index (χ1v) is 9.78. The van der Waals surface area contributed by atoms with Crippen LogP contribution in [0.4, 0.5) is 10.5 Å². The number of ether oxygens (including phenoxy) is 1. The van der Waals surface area contributed by atoms with Crippen LogP contribution in [-0.4, -0.2) is 39.4 Å². The van der Waals surface area contributed by atoms with Crippen LogP contribution < -0.4 is 15.4 Å². The Morgan fingerprint density at radius 3 is 2.97 bits per heavy atom. The summed E-state index contributed by atoms with van der Waals surface area (Å²) in [6.07, 6.45) is 1.71. The molecule has 8 nitrogen and oxygen atoms in total. The van der Waals surface area contributed by atoms with Crippen molar-refractivity contribution in [3.05, 3.63) is 53.6 Å². The molecule has 1 aliphatic rings. The molecular formula is C21H24N6O2. The van der Waals surface area contributed by atoms with Crippen LogP contribution in [0.3, 0.4) is 0 Å². The summed E-state index contributed by atoms with van der Waals surface area (Å²) in [4.78, 5) is 12.4. The number of tetrazole rings is 1. The second-order valence-corrected chi connectivity index (χ2v) is 7.26. The second-order valence-electron chi connectivity index (χ2n) is 7.26. The standard InChI is InChI=1S/C21H24N6O2/c1-14(2)27-20(24-25-26-27)17-5-3-4-6-18(17)23-21(28)22-11-9-15-7-8-19-16(13-15)10-12-29-19/h3-8,13-14H,9-12H2,1-2H3,(H2,22,23,28). The van der Waals surface area contributed by atoms with Gasteiger partial charge < -0.3 is 15.4 Å². The van der Waals surface area contributed by atoms with Crippen LogP contribution >= 0.6 is 0 Å². The van der Waals surface area contributed by atoms with Crippen LogP contribution in [-0.2, 0) is 12.8 Å². The lowest BCUT2D eigenvalue weighted by Crippen LogP contribution is -2.30. The van der Waals surface area contributed by atoms with Crippen LogP contribution in [0, 0.1) is 0 Å². The number of anilines is 1. The summed E-state index contributed by atoms with van der Waals surface area (Å²) in [6, 6.07) is 13.6. The summed E-state index contributed by atoms with van der Waals surface area (Å²) in [6.45, 7) is 5.30. The molecule has 1 aromatic heterocycles. The van der Waals surface area contributed by atoms with E-state index in [0.717, 1.165) is 30.8 Å². The zero-order valence-corrected chi connectivity index (χ0v) is 16.6. The molecule has 1 aliphatic heterocycles. The first kappa shape index (κ1) is 18.9. The third-order valence-corrected chi connectivity index (χ3v) is 4.85. The molecule has 0 aliphatic carbocycles. The number of carbonyl (C=O) groups is 1. The maximum absolute atomic E-state index is 12.4. The number of hydrogen-bond donors (Lipinski definition) is 2. The fourth-order valence-corrected chi connectivity index (χ4v) is 3.39. The van der Waals surface area contributed by atoms with E-state index in [9.17, 15) is 4.79 Å². The summed E-state index contributed by atoms with van der Waals surface area (Å²) in [5.74, 6) is 1.59. The lowest BCUT2D eigenvalue weighted by Gasteiger charge is -2.13. The van der Waals surface area contributed by atoms with Gasteiger partial charge in [0, 0.05) is 18.5 Å². The van der Waals surface area contributed by atoms with Crippen LogP contribution in [0.1, 0.15) is 31.0 Å². The molecule has 0 atom stereocenters. The molecule has 2 aromatic carbocycles. The van der Waals surface area contributed by atoms with Gasteiger partial charge in [0.15, 0.2) is 5.82 Å². The minimum absolute atomic E-state index is 0.111. The summed E-state index contributed by atoms with van der Waals surface area (Å²) in [7, 11) is 0. The lowest BCUT2D eigenvalue weighted by atomic mass is 10.1. The number of carbonyl (C=O) groups excluding carboxylic acids is 1. The van der Waals surface area contributed by atoms with E-state index in [1.54, 1.807) is 4.68 Å². The number of hydrogen-bond acceptors (Lipinski definition) is 5. The van der Waals surface area contributed by atoms with Crippen molar-refractivity contribution in [3.8, 4) is 17.1 Å². The smallest absolute Gasteiger partial charge is 0.319 e. The molecular weight excluding hydrogens is 368 g/mol. The number of rotatable bonds is 6. The van der Waals surface area contributed by atoms with Crippen LogP contribution in [0.2, 0.25) is 0 Å². The van der Waals surface area contributed by atoms with E-state index in [-0.39, 0.29) is 12.1 Å². The molecule has 0 spiro atoms. The Labute approximate surface area is 169 Å². The predicted octanol–water partition coefficient (Wildman–Crippen LogP) is 3.22. The van der Waals surface area contributed by atoms with Gasteiger partial charge in [-0.15, -0.1) is 5.10 Å². The van der Waals surface area contributed by atoms with Crippen LogP contribution in [0.25, 0.3) is 11.4 Å². The Morgan fingerprint density at radius 1 is 1.24 bits per heavy atom. The Hall–Kier alpha value is -3.42. The van der Waals surface area contributed by atoms with Gasteiger partial charge >= 0.3 is 6.03 Å². The molecule has 0 radical (unpaired) electrons. The Bertz CT molecular complexity index is 1010. The fourth-order valence-electron chi connectivity index (χ4n) is 3.39. The monoisotopic (exact) mass is 392 g/mol. The first-order chi connectivity index (χ1) is 14.1. The van der Waals surface area contributed by atoms with E-state index < -0.39 is 0 Å². The molecule has 0 fully saturated rings. The number of urea groups is 1. The van der Waals surface area contributed by atoms with Crippen LogP contribution in [0.15, 0.2) is 42.5 Å². The van der Waals surface area contributed by atoms with E-state index in [0.29, 0.717) is 18.1 Å². The molecule has 29 heavy (non-hydrogen) atoms. The van der Waals surface area contributed by atoms with Gasteiger partial charge in [0.1, 0.15) is 5.75 Å². The van der Waals surface area contributed by atoms with Gasteiger partial charge in [-0.25, -0.2) is 9.48 Å². The van der Waals surface area contributed by atoms with Crippen molar-refractivity contribution in [3.63, 3.8) is 0 Å². The van der Waals surface area contributed by atoms with Gasteiger partial charge in [-0.05, 0) is 60.0 Å². The van der Waals surface area contributed by atoms with E-state index in [1.165, 1.54) is 11.1 Å². The Balaban J connectivity index is 1.38. The molecule has 2 heterocycles. The first-order valence-electron chi connectivity index (χ1n) is 9.78. The lowest BCUT2D eigenvalue weighted by molar-refractivity contribution is 0.252. The molecule has 0 saturated carbocycles. The van der Waals surface area contributed by atoms with E-state index in [2.05, 4.69) is 32.2 Å². The fraction of sp³-hybridized carbons (Fsp3) is 0.333. The topological polar surface area (TPSA) is 94.0 Å². The number of fused-ring (bicyclic) bond motifs is 1. The SMILES string of the molecule is CC(C)n1nnnc1-c1ccccc1NC(=O)NCCc1ccc2c(c1)CCO2. The van der Waals surface area contributed by atoms with Crippen molar-refractivity contribution in [1.29, 1.82) is 0 Å². The minimum Gasteiger partial charge on any atom is -0.493 e. The highest BCUT2D eigenvalue weighted by Gasteiger charge is 2.16. The van der Waals surface area contributed by atoms with Crippen molar-refractivity contribution in [1.82, 2.24) is 25.5 Å². The van der Waals surface area contributed by atoms with E-state index >= 15 is 0 Å².